The zero-order chi connectivity index (χ0) is 20.1. The molecule has 0 spiro atoms. The van der Waals surface area contributed by atoms with Crippen LogP contribution in [0.15, 0.2) is 83.8 Å². The standard InChI is InChI=1S/C19H15N3O5S/c23-19(14-5-2-1-3-6-14)20-15-9-11-16(12-10-15)21-28(26,27)18-8-4-7-17(13-18)22(24)25/h1-13,21H,(H,20,23). The van der Waals surface area contributed by atoms with Crippen molar-refractivity contribution in [3.8, 4) is 0 Å². The van der Waals surface area contributed by atoms with Crippen molar-refractivity contribution in [1.29, 1.82) is 0 Å². The third-order valence-corrected chi connectivity index (χ3v) is 5.15. The summed E-state index contributed by atoms with van der Waals surface area (Å²) in [5, 5.41) is 13.5. The molecule has 28 heavy (non-hydrogen) atoms. The molecule has 0 aliphatic heterocycles. The van der Waals surface area contributed by atoms with Crippen LogP contribution in [-0.2, 0) is 10.0 Å². The van der Waals surface area contributed by atoms with Gasteiger partial charge in [-0.05, 0) is 42.5 Å². The number of carbonyl (C=O) groups is 1. The molecule has 0 unspecified atom stereocenters. The Hall–Kier alpha value is -3.72. The van der Waals surface area contributed by atoms with E-state index in [0.29, 0.717) is 11.3 Å². The van der Waals surface area contributed by atoms with Gasteiger partial charge in [0.1, 0.15) is 0 Å². The molecule has 0 aromatic heterocycles. The molecule has 0 radical (unpaired) electrons. The minimum absolute atomic E-state index is 0.219. The van der Waals surface area contributed by atoms with Crippen molar-refractivity contribution in [2.75, 3.05) is 10.0 Å². The fourth-order valence-corrected chi connectivity index (χ4v) is 3.49. The van der Waals surface area contributed by atoms with Crippen LogP contribution in [0.25, 0.3) is 0 Å². The lowest BCUT2D eigenvalue weighted by molar-refractivity contribution is -0.385. The summed E-state index contributed by atoms with van der Waals surface area (Å²) in [6.07, 6.45) is 0. The molecule has 0 atom stereocenters. The zero-order valence-corrected chi connectivity index (χ0v) is 15.2. The summed E-state index contributed by atoms with van der Waals surface area (Å²) in [5.41, 5.74) is 0.927. The molecule has 0 saturated heterocycles. The second-order valence-corrected chi connectivity index (χ2v) is 7.44. The Morgan fingerprint density at radius 3 is 2.14 bits per heavy atom. The van der Waals surface area contributed by atoms with Crippen molar-refractivity contribution in [3.05, 3.63) is 94.5 Å². The topological polar surface area (TPSA) is 118 Å². The highest BCUT2D eigenvalue weighted by molar-refractivity contribution is 7.92. The molecule has 0 saturated carbocycles. The molecule has 3 rings (SSSR count). The summed E-state index contributed by atoms with van der Waals surface area (Å²) >= 11 is 0. The van der Waals surface area contributed by atoms with Crippen LogP contribution >= 0.6 is 0 Å². The van der Waals surface area contributed by atoms with E-state index in [1.807, 2.05) is 0 Å². The van der Waals surface area contributed by atoms with Gasteiger partial charge in [0.15, 0.2) is 0 Å². The van der Waals surface area contributed by atoms with Crippen molar-refractivity contribution in [3.63, 3.8) is 0 Å². The average molecular weight is 397 g/mol. The largest absolute Gasteiger partial charge is 0.322 e. The number of amides is 1. The summed E-state index contributed by atoms with van der Waals surface area (Å²) in [6.45, 7) is 0. The van der Waals surface area contributed by atoms with Gasteiger partial charge in [0.05, 0.1) is 9.82 Å². The van der Waals surface area contributed by atoms with Gasteiger partial charge in [-0.1, -0.05) is 24.3 Å². The molecule has 0 heterocycles. The van der Waals surface area contributed by atoms with Gasteiger partial charge < -0.3 is 5.32 Å². The van der Waals surface area contributed by atoms with E-state index in [1.165, 1.54) is 30.3 Å². The number of non-ortho nitro benzene ring substituents is 1. The van der Waals surface area contributed by atoms with Crippen LogP contribution in [0.2, 0.25) is 0 Å². The number of hydrogen-bond acceptors (Lipinski definition) is 5. The number of nitro groups is 1. The van der Waals surface area contributed by atoms with E-state index in [4.69, 9.17) is 0 Å². The van der Waals surface area contributed by atoms with Gasteiger partial charge in [0, 0.05) is 29.1 Å². The van der Waals surface area contributed by atoms with Crippen molar-refractivity contribution in [1.82, 2.24) is 0 Å². The molecule has 0 bridgehead atoms. The predicted octanol–water partition coefficient (Wildman–Crippen LogP) is 3.65. The minimum Gasteiger partial charge on any atom is -0.322 e. The zero-order valence-electron chi connectivity index (χ0n) is 14.4. The number of rotatable bonds is 6. The molecule has 0 aliphatic carbocycles. The Labute approximate surface area is 161 Å². The predicted molar refractivity (Wildman–Crippen MR) is 105 cm³/mol. The third kappa shape index (κ3) is 4.51. The highest BCUT2D eigenvalue weighted by atomic mass is 32.2. The van der Waals surface area contributed by atoms with Crippen LogP contribution in [0.1, 0.15) is 10.4 Å². The van der Waals surface area contributed by atoms with Gasteiger partial charge in [-0.3, -0.25) is 19.6 Å². The summed E-state index contributed by atoms with van der Waals surface area (Å²) in [7, 11) is -3.99. The quantitative estimate of drug-likeness (QED) is 0.486. The van der Waals surface area contributed by atoms with Gasteiger partial charge in [-0.25, -0.2) is 8.42 Å². The van der Waals surface area contributed by atoms with Crippen LogP contribution in [0, 0.1) is 10.1 Å². The number of benzene rings is 3. The summed E-state index contributed by atoms with van der Waals surface area (Å²) in [4.78, 5) is 22.1. The van der Waals surface area contributed by atoms with Gasteiger partial charge in [-0.15, -0.1) is 0 Å². The lowest BCUT2D eigenvalue weighted by atomic mass is 10.2. The summed E-state index contributed by atoms with van der Waals surface area (Å²) < 4.78 is 27.2. The molecule has 142 valence electrons. The van der Waals surface area contributed by atoms with Crippen molar-refractivity contribution in [2.45, 2.75) is 4.90 Å². The maximum absolute atomic E-state index is 12.4. The van der Waals surface area contributed by atoms with Crippen LogP contribution in [0.5, 0.6) is 0 Å². The monoisotopic (exact) mass is 397 g/mol. The fraction of sp³-hybridized carbons (Fsp3) is 0. The van der Waals surface area contributed by atoms with Crippen molar-refractivity contribution < 1.29 is 18.1 Å². The second-order valence-electron chi connectivity index (χ2n) is 5.76. The van der Waals surface area contributed by atoms with Crippen LogP contribution < -0.4 is 10.0 Å². The summed E-state index contributed by atoms with van der Waals surface area (Å²) in [5.74, 6) is -0.287. The van der Waals surface area contributed by atoms with E-state index in [-0.39, 0.29) is 22.2 Å². The van der Waals surface area contributed by atoms with Crippen molar-refractivity contribution >= 4 is 33.0 Å². The number of carbonyl (C=O) groups excluding carboxylic acids is 1. The van der Waals surface area contributed by atoms with Crippen LogP contribution in [0.3, 0.4) is 0 Å². The molecule has 9 heteroatoms. The first kappa shape index (κ1) is 19.1. The first-order chi connectivity index (χ1) is 13.3. The minimum atomic E-state index is -3.99. The number of hydrogen-bond donors (Lipinski definition) is 2. The lowest BCUT2D eigenvalue weighted by Gasteiger charge is -2.10. The normalized spacial score (nSPS) is 10.9. The fourth-order valence-electron chi connectivity index (χ4n) is 2.39. The number of anilines is 2. The Morgan fingerprint density at radius 2 is 1.50 bits per heavy atom. The molecular formula is C19H15N3O5S. The Kier molecular flexibility index (Phi) is 5.37. The van der Waals surface area contributed by atoms with Gasteiger partial charge in [-0.2, -0.15) is 0 Å². The smallest absolute Gasteiger partial charge is 0.270 e. The molecule has 0 aliphatic rings. The second kappa shape index (κ2) is 7.89. The highest BCUT2D eigenvalue weighted by Crippen LogP contribution is 2.21. The van der Waals surface area contributed by atoms with Crippen LogP contribution in [0.4, 0.5) is 17.1 Å². The molecule has 3 aromatic carbocycles. The Morgan fingerprint density at radius 1 is 0.857 bits per heavy atom. The first-order valence-corrected chi connectivity index (χ1v) is 9.57. The molecule has 8 nitrogen and oxygen atoms in total. The highest BCUT2D eigenvalue weighted by Gasteiger charge is 2.17. The maximum Gasteiger partial charge on any atom is 0.270 e. The van der Waals surface area contributed by atoms with Gasteiger partial charge >= 0.3 is 0 Å². The number of nitro benzene ring substituents is 1. The van der Waals surface area contributed by atoms with E-state index in [0.717, 1.165) is 6.07 Å². The average Bonchev–Trinajstić information content (AvgIpc) is 2.70. The van der Waals surface area contributed by atoms with E-state index in [1.54, 1.807) is 42.5 Å². The Balaban J connectivity index is 1.72. The van der Waals surface area contributed by atoms with E-state index >= 15 is 0 Å². The first-order valence-electron chi connectivity index (χ1n) is 8.09. The third-order valence-electron chi connectivity index (χ3n) is 3.77. The maximum atomic E-state index is 12.4. The number of nitrogens with zero attached hydrogens (tertiary/aromatic N) is 1. The summed E-state index contributed by atoms with van der Waals surface area (Å²) in [6, 6.07) is 19.5. The molecule has 1 amide bonds. The molecule has 2 N–H and O–H groups in total. The van der Waals surface area contributed by atoms with Gasteiger partial charge in [0.2, 0.25) is 0 Å². The van der Waals surface area contributed by atoms with Crippen LogP contribution in [-0.4, -0.2) is 19.2 Å². The van der Waals surface area contributed by atoms with Crippen molar-refractivity contribution in [2.24, 2.45) is 0 Å². The SMILES string of the molecule is O=C(Nc1ccc(NS(=O)(=O)c2cccc([N+](=O)[O-])c2)cc1)c1ccccc1. The number of sulfonamides is 1. The Bertz CT molecular complexity index is 1110. The van der Waals surface area contributed by atoms with Gasteiger partial charge in [0.25, 0.3) is 21.6 Å². The molecular weight excluding hydrogens is 382 g/mol. The van der Waals surface area contributed by atoms with E-state index in [9.17, 15) is 23.3 Å². The molecule has 3 aromatic rings. The molecule has 0 fully saturated rings. The van der Waals surface area contributed by atoms with E-state index in [2.05, 4.69) is 10.0 Å². The van der Waals surface area contributed by atoms with E-state index < -0.39 is 14.9 Å². The number of nitrogens with one attached hydrogen (secondary N) is 2. The lowest BCUT2D eigenvalue weighted by Crippen LogP contribution is -2.14.